The highest BCUT2D eigenvalue weighted by molar-refractivity contribution is 5.98. The minimum absolute atomic E-state index is 0.150. The van der Waals surface area contributed by atoms with Crippen molar-refractivity contribution in [1.29, 1.82) is 0 Å². The molecule has 1 amide bonds. The standard InChI is InChI=1S/C18H23N5O2/c1-12(18(24)23-8-7-14-5-3-4-6-15(14)23)22-9-10-25-16(11-22)17-19-13(2)20-21-17/h3-6,12,16H,7-11H2,1-2H3,(H,19,20,21)/t12-,16-/m0/s1. The molecule has 1 saturated heterocycles. The fourth-order valence-corrected chi connectivity index (χ4v) is 3.63. The van der Waals surface area contributed by atoms with Crippen LogP contribution in [0.2, 0.25) is 0 Å². The number of fused-ring (bicyclic) bond motifs is 1. The summed E-state index contributed by atoms with van der Waals surface area (Å²) in [5, 5.41) is 7.06. The Hall–Kier alpha value is -2.25. The lowest BCUT2D eigenvalue weighted by atomic mass is 10.1. The van der Waals surface area contributed by atoms with Gasteiger partial charge in [-0.1, -0.05) is 18.2 Å². The van der Waals surface area contributed by atoms with E-state index in [2.05, 4.69) is 26.1 Å². The van der Waals surface area contributed by atoms with Crippen LogP contribution >= 0.6 is 0 Å². The number of carbonyl (C=O) groups excluding carboxylic acids is 1. The monoisotopic (exact) mass is 341 g/mol. The number of amides is 1. The predicted molar refractivity (Wildman–Crippen MR) is 93.3 cm³/mol. The zero-order valence-electron chi connectivity index (χ0n) is 14.6. The van der Waals surface area contributed by atoms with Gasteiger partial charge in [0.2, 0.25) is 5.91 Å². The van der Waals surface area contributed by atoms with Crippen molar-refractivity contribution in [2.24, 2.45) is 0 Å². The second-order valence-corrected chi connectivity index (χ2v) is 6.68. The molecule has 0 saturated carbocycles. The highest BCUT2D eigenvalue weighted by Crippen LogP contribution is 2.29. The Labute approximate surface area is 147 Å². The molecule has 0 bridgehead atoms. The molecule has 1 aromatic heterocycles. The first kappa shape index (κ1) is 16.2. The van der Waals surface area contributed by atoms with Gasteiger partial charge in [0.15, 0.2) is 5.82 Å². The number of nitrogens with one attached hydrogen (secondary N) is 1. The van der Waals surface area contributed by atoms with Crippen molar-refractivity contribution >= 4 is 11.6 Å². The summed E-state index contributed by atoms with van der Waals surface area (Å²) in [6, 6.07) is 7.96. The second kappa shape index (κ2) is 6.57. The van der Waals surface area contributed by atoms with Crippen LogP contribution in [0.3, 0.4) is 0 Å². The number of aromatic amines is 1. The van der Waals surface area contributed by atoms with E-state index in [0.29, 0.717) is 19.0 Å². The van der Waals surface area contributed by atoms with Crippen LogP contribution in [0.5, 0.6) is 0 Å². The number of hydrogen-bond acceptors (Lipinski definition) is 5. The third kappa shape index (κ3) is 3.05. The number of aromatic nitrogens is 3. The Bertz CT molecular complexity index is 774. The van der Waals surface area contributed by atoms with Crippen LogP contribution in [0.1, 0.15) is 30.2 Å². The van der Waals surface area contributed by atoms with Crippen LogP contribution in [0.15, 0.2) is 24.3 Å². The van der Waals surface area contributed by atoms with Gasteiger partial charge in [0.05, 0.1) is 12.6 Å². The number of anilines is 1. The molecule has 0 radical (unpaired) electrons. The summed E-state index contributed by atoms with van der Waals surface area (Å²) in [5.41, 5.74) is 2.30. The smallest absolute Gasteiger partial charge is 0.244 e. The fraction of sp³-hybridized carbons (Fsp3) is 0.500. The molecule has 1 aromatic carbocycles. The third-order valence-corrected chi connectivity index (χ3v) is 5.06. The average molecular weight is 341 g/mol. The summed E-state index contributed by atoms with van der Waals surface area (Å²) in [7, 11) is 0. The number of benzene rings is 1. The molecule has 2 aromatic rings. The predicted octanol–water partition coefficient (Wildman–Crippen LogP) is 1.46. The molecule has 2 aliphatic rings. The summed E-state index contributed by atoms with van der Waals surface area (Å²) in [5.74, 6) is 1.58. The first-order valence-corrected chi connectivity index (χ1v) is 8.77. The van der Waals surface area contributed by atoms with Crippen LogP contribution in [0.4, 0.5) is 5.69 Å². The van der Waals surface area contributed by atoms with Crippen LogP contribution < -0.4 is 4.90 Å². The maximum atomic E-state index is 13.1. The number of aryl methyl sites for hydroxylation is 1. The third-order valence-electron chi connectivity index (χ3n) is 5.06. The highest BCUT2D eigenvalue weighted by atomic mass is 16.5. The van der Waals surface area contributed by atoms with Crippen molar-refractivity contribution in [1.82, 2.24) is 20.1 Å². The van der Waals surface area contributed by atoms with E-state index in [9.17, 15) is 4.79 Å². The maximum Gasteiger partial charge on any atom is 0.244 e. The van der Waals surface area contributed by atoms with Crippen LogP contribution in [0.25, 0.3) is 0 Å². The minimum atomic E-state index is -0.197. The zero-order chi connectivity index (χ0) is 17.4. The second-order valence-electron chi connectivity index (χ2n) is 6.68. The summed E-state index contributed by atoms with van der Waals surface area (Å²) in [6.07, 6.45) is 0.733. The van der Waals surface area contributed by atoms with Crippen molar-refractivity contribution in [3.8, 4) is 0 Å². The largest absolute Gasteiger partial charge is 0.367 e. The quantitative estimate of drug-likeness (QED) is 0.915. The van der Waals surface area contributed by atoms with E-state index in [1.807, 2.05) is 36.9 Å². The van der Waals surface area contributed by atoms with Crippen LogP contribution in [-0.2, 0) is 16.0 Å². The molecule has 132 valence electrons. The van der Waals surface area contributed by atoms with Gasteiger partial charge < -0.3 is 9.64 Å². The van der Waals surface area contributed by atoms with Gasteiger partial charge in [0, 0.05) is 25.3 Å². The van der Waals surface area contributed by atoms with Gasteiger partial charge >= 0.3 is 0 Å². The molecule has 0 spiro atoms. The van der Waals surface area contributed by atoms with Gasteiger partial charge in [-0.15, -0.1) is 0 Å². The molecule has 4 rings (SSSR count). The first-order valence-electron chi connectivity index (χ1n) is 8.77. The van der Waals surface area contributed by atoms with Crippen molar-refractivity contribution in [3.05, 3.63) is 41.5 Å². The molecule has 1 N–H and O–H groups in total. The van der Waals surface area contributed by atoms with E-state index >= 15 is 0 Å². The molecule has 25 heavy (non-hydrogen) atoms. The highest BCUT2D eigenvalue weighted by Gasteiger charge is 2.34. The van der Waals surface area contributed by atoms with Gasteiger partial charge in [0.1, 0.15) is 11.9 Å². The Kier molecular flexibility index (Phi) is 4.27. The topological polar surface area (TPSA) is 74.3 Å². The van der Waals surface area contributed by atoms with E-state index in [0.717, 1.165) is 31.0 Å². The van der Waals surface area contributed by atoms with Gasteiger partial charge in [-0.2, -0.15) is 5.10 Å². The first-order chi connectivity index (χ1) is 12.1. The summed E-state index contributed by atoms with van der Waals surface area (Å²) in [6.45, 7) is 6.55. The molecule has 1 fully saturated rings. The SMILES string of the molecule is Cc1nc([C@@H]2CN([C@@H](C)C(=O)N3CCc4ccccc43)CCO2)n[nH]1. The minimum Gasteiger partial charge on any atom is -0.367 e. The fourth-order valence-electron chi connectivity index (χ4n) is 3.63. The van der Waals surface area contributed by atoms with E-state index < -0.39 is 0 Å². The molecule has 2 aliphatic heterocycles. The summed E-state index contributed by atoms with van der Waals surface area (Å²) in [4.78, 5) is 21.5. The lowest BCUT2D eigenvalue weighted by Crippen LogP contribution is -2.51. The molecule has 7 nitrogen and oxygen atoms in total. The van der Waals surface area contributed by atoms with Gasteiger partial charge in [-0.25, -0.2) is 4.98 Å². The molecule has 0 aliphatic carbocycles. The van der Waals surface area contributed by atoms with Gasteiger partial charge in [-0.05, 0) is 31.9 Å². The van der Waals surface area contributed by atoms with Gasteiger partial charge in [0.25, 0.3) is 0 Å². The van der Waals surface area contributed by atoms with Crippen molar-refractivity contribution in [2.45, 2.75) is 32.4 Å². The summed E-state index contributed by atoms with van der Waals surface area (Å²) < 4.78 is 5.81. The number of hydrogen-bond donors (Lipinski definition) is 1. The number of para-hydroxylation sites is 1. The van der Waals surface area contributed by atoms with Crippen molar-refractivity contribution in [2.75, 3.05) is 31.1 Å². The van der Waals surface area contributed by atoms with Gasteiger partial charge in [-0.3, -0.25) is 14.8 Å². The number of morpholine rings is 1. The van der Waals surface area contributed by atoms with E-state index in [4.69, 9.17) is 4.74 Å². The molecular formula is C18H23N5O2. The Morgan fingerprint density at radius 2 is 2.20 bits per heavy atom. The molecule has 7 heteroatoms. The molecular weight excluding hydrogens is 318 g/mol. The van der Waals surface area contributed by atoms with E-state index in [1.165, 1.54) is 5.56 Å². The average Bonchev–Trinajstić information content (AvgIpc) is 3.27. The number of carbonyl (C=O) groups is 1. The number of H-pyrrole nitrogens is 1. The maximum absolute atomic E-state index is 13.1. The molecule has 0 unspecified atom stereocenters. The van der Waals surface area contributed by atoms with Crippen LogP contribution in [0, 0.1) is 6.92 Å². The van der Waals surface area contributed by atoms with Crippen molar-refractivity contribution in [3.63, 3.8) is 0 Å². The number of rotatable bonds is 3. The van der Waals surface area contributed by atoms with E-state index in [-0.39, 0.29) is 18.1 Å². The number of nitrogens with zero attached hydrogens (tertiary/aromatic N) is 4. The zero-order valence-corrected chi connectivity index (χ0v) is 14.6. The number of ether oxygens (including phenoxy) is 1. The lowest BCUT2D eigenvalue weighted by molar-refractivity contribution is -0.126. The van der Waals surface area contributed by atoms with E-state index in [1.54, 1.807) is 0 Å². The molecule has 3 heterocycles. The Morgan fingerprint density at radius 3 is 3.00 bits per heavy atom. The van der Waals surface area contributed by atoms with Crippen molar-refractivity contribution < 1.29 is 9.53 Å². The lowest BCUT2D eigenvalue weighted by Gasteiger charge is -2.36. The Morgan fingerprint density at radius 1 is 1.36 bits per heavy atom. The summed E-state index contributed by atoms with van der Waals surface area (Å²) >= 11 is 0. The van der Waals surface area contributed by atoms with Crippen LogP contribution in [-0.4, -0.2) is 58.3 Å². The Balaban J connectivity index is 1.47. The molecule has 2 atom stereocenters. The normalized spacial score (nSPS) is 22.0.